The van der Waals surface area contributed by atoms with Gasteiger partial charge in [0.05, 0.1) is 4.90 Å². The lowest BCUT2D eigenvalue weighted by Crippen LogP contribution is -2.41. The van der Waals surface area contributed by atoms with Crippen LogP contribution in [0.3, 0.4) is 0 Å². The summed E-state index contributed by atoms with van der Waals surface area (Å²) in [5, 5.41) is 0. The Morgan fingerprint density at radius 1 is 1.00 bits per heavy atom. The van der Waals surface area contributed by atoms with Gasteiger partial charge in [-0.3, -0.25) is 4.79 Å². The predicted octanol–water partition coefficient (Wildman–Crippen LogP) is 3.68. The van der Waals surface area contributed by atoms with E-state index in [-0.39, 0.29) is 17.2 Å². The standard InChI is InChI=1S/C21H21NO3S/c1-16(2)15-20(23)21-19(17-9-5-3-6-10-17)13-14-22(21)26(24,25)18-11-7-4-8-12-18/h3-13,15,21H,14H2,1-2H3. The van der Waals surface area contributed by atoms with Crippen LogP contribution in [0, 0.1) is 0 Å². The van der Waals surface area contributed by atoms with E-state index in [0.29, 0.717) is 0 Å². The van der Waals surface area contributed by atoms with Gasteiger partial charge in [0.25, 0.3) is 0 Å². The fraction of sp³-hybridized carbons (Fsp3) is 0.190. The molecule has 134 valence electrons. The van der Waals surface area contributed by atoms with Crippen LogP contribution in [0.15, 0.2) is 83.3 Å². The minimum absolute atomic E-state index is 0.175. The van der Waals surface area contributed by atoms with Crippen molar-refractivity contribution in [1.82, 2.24) is 4.31 Å². The number of sulfonamides is 1. The summed E-state index contributed by atoms with van der Waals surface area (Å²) in [6, 6.07) is 16.8. The average molecular weight is 367 g/mol. The van der Waals surface area contributed by atoms with Crippen LogP contribution < -0.4 is 0 Å². The molecule has 5 heteroatoms. The van der Waals surface area contributed by atoms with E-state index < -0.39 is 16.1 Å². The molecule has 0 saturated carbocycles. The highest BCUT2D eigenvalue weighted by Gasteiger charge is 2.40. The first-order valence-corrected chi connectivity index (χ1v) is 9.86. The van der Waals surface area contributed by atoms with Crippen molar-refractivity contribution >= 4 is 21.4 Å². The Hall–Kier alpha value is -2.50. The van der Waals surface area contributed by atoms with Crippen LogP contribution in [0.1, 0.15) is 19.4 Å². The van der Waals surface area contributed by atoms with Crippen molar-refractivity contribution in [1.29, 1.82) is 0 Å². The molecule has 0 bridgehead atoms. The third-order valence-corrected chi connectivity index (χ3v) is 6.08. The second-order valence-electron chi connectivity index (χ2n) is 6.44. The molecule has 0 N–H and O–H groups in total. The number of nitrogens with zero attached hydrogens (tertiary/aromatic N) is 1. The highest BCUT2D eigenvalue weighted by molar-refractivity contribution is 7.89. The van der Waals surface area contributed by atoms with Crippen LogP contribution in [0.4, 0.5) is 0 Å². The molecule has 0 spiro atoms. The molecule has 1 heterocycles. The Morgan fingerprint density at radius 3 is 2.15 bits per heavy atom. The number of hydrogen-bond donors (Lipinski definition) is 0. The topological polar surface area (TPSA) is 54.5 Å². The van der Waals surface area contributed by atoms with Crippen LogP contribution >= 0.6 is 0 Å². The van der Waals surface area contributed by atoms with Crippen LogP contribution in [-0.4, -0.2) is 31.1 Å². The molecule has 1 atom stereocenters. The third-order valence-electron chi connectivity index (χ3n) is 4.23. The van der Waals surface area contributed by atoms with E-state index in [4.69, 9.17) is 0 Å². The quantitative estimate of drug-likeness (QED) is 0.758. The molecule has 2 aromatic carbocycles. The molecule has 1 unspecified atom stereocenters. The van der Waals surface area contributed by atoms with Crippen LogP contribution in [0.25, 0.3) is 5.57 Å². The third kappa shape index (κ3) is 3.54. The van der Waals surface area contributed by atoms with Gasteiger partial charge in [0, 0.05) is 6.54 Å². The first kappa shape index (κ1) is 18.3. The van der Waals surface area contributed by atoms with Crippen LogP contribution in [0.2, 0.25) is 0 Å². The molecule has 26 heavy (non-hydrogen) atoms. The number of allylic oxidation sites excluding steroid dienone is 1. The maximum Gasteiger partial charge on any atom is 0.244 e. The minimum Gasteiger partial charge on any atom is -0.293 e. The smallest absolute Gasteiger partial charge is 0.244 e. The molecule has 0 aliphatic carbocycles. The normalized spacial score (nSPS) is 17.6. The van der Waals surface area contributed by atoms with Crippen LogP contribution in [-0.2, 0) is 14.8 Å². The zero-order valence-corrected chi connectivity index (χ0v) is 15.6. The van der Waals surface area contributed by atoms with Gasteiger partial charge in [-0.05, 0) is 43.2 Å². The number of carbonyl (C=O) groups is 1. The molecule has 1 aliphatic rings. The lowest BCUT2D eigenvalue weighted by Gasteiger charge is -2.25. The summed E-state index contributed by atoms with van der Waals surface area (Å²) >= 11 is 0. The van der Waals surface area contributed by atoms with Gasteiger partial charge in [-0.1, -0.05) is 60.2 Å². The van der Waals surface area contributed by atoms with Crippen molar-refractivity contribution in [2.24, 2.45) is 0 Å². The summed E-state index contributed by atoms with van der Waals surface area (Å²) in [7, 11) is -3.78. The van der Waals surface area contributed by atoms with Crippen molar-refractivity contribution in [3.05, 3.63) is 84.0 Å². The Balaban J connectivity index is 2.06. The monoisotopic (exact) mass is 367 g/mol. The molecule has 0 amide bonds. The molecular weight excluding hydrogens is 346 g/mol. The molecular formula is C21H21NO3S. The number of benzene rings is 2. The Kier molecular flexibility index (Phi) is 5.20. The average Bonchev–Trinajstić information content (AvgIpc) is 3.09. The Bertz CT molecular complexity index is 957. The van der Waals surface area contributed by atoms with E-state index >= 15 is 0 Å². The van der Waals surface area contributed by atoms with E-state index in [1.807, 2.05) is 50.3 Å². The van der Waals surface area contributed by atoms with Gasteiger partial charge in [0.15, 0.2) is 5.78 Å². The summed E-state index contributed by atoms with van der Waals surface area (Å²) in [6.45, 7) is 3.83. The first-order chi connectivity index (χ1) is 12.4. The number of ketones is 1. The van der Waals surface area contributed by atoms with Crippen molar-refractivity contribution in [2.45, 2.75) is 24.8 Å². The van der Waals surface area contributed by atoms with Crippen molar-refractivity contribution in [2.75, 3.05) is 6.54 Å². The molecule has 0 radical (unpaired) electrons. The van der Waals surface area contributed by atoms with Gasteiger partial charge in [0.1, 0.15) is 6.04 Å². The van der Waals surface area contributed by atoms with Gasteiger partial charge in [-0.15, -0.1) is 0 Å². The second-order valence-corrected chi connectivity index (χ2v) is 8.33. The maximum atomic E-state index is 13.1. The SMILES string of the molecule is CC(C)=CC(=O)C1C(c2ccccc2)=CCN1S(=O)(=O)c1ccccc1. The van der Waals surface area contributed by atoms with E-state index in [1.165, 1.54) is 10.4 Å². The zero-order valence-electron chi connectivity index (χ0n) is 14.8. The number of rotatable bonds is 5. The molecule has 3 rings (SSSR count). The van der Waals surface area contributed by atoms with Gasteiger partial charge >= 0.3 is 0 Å². The fourth-order valence-corrected chi connectivity index (χ4v) is 4.63. The Labute approximate surface area is 154 Å². The predicted molar refractivity (Wildman–Crippen MR) is 103 cm³/mol. The van der Waals surface area contributed by atoms with Crippen LogP contribution in [0.5, 0.6) is 0 Å². The van der Waals surface area contributed by atoms with Gasteiger partial charge < -0.3 is 0 Å². The van der Waals surface area contributed by atoms with Crippen molar-refractivity contribution < 1.29 is 13.2 Å². The summed E-state index contributed by atoms with van der Waals surface area (Å²) in [5.41, 5.74) is 2.43. The van der Waals surface area contributed by atoms with E-state index in [1.54, 1.807) is 30.3 Å². The fourth-order valence-electron chi connectivity index (χ4n) is 3.09. The minimum atomic E-state index is -3.78. The Morgan fingerprint density at radius 2 is 1.58 bits per heavy atom. The van der Waals surface area contributed by atoms with Gasteiger partial charge in [-0.25, -0.2) is 8.42 Å². The van der Waals surface area contributed by atoms with E-state index in [9.17, 15) is 13.2 Å². The second kappa shape index (κ2) is 7.40. The lowest BCUT2D eigenvalue weighted by atomic mass is 9.97. The van der Waals surface area contributed by atoms with Crippen molar-refractivity contribution in [3.63, 3.8) is 0 Å². The molecule has 0 saturated heterocycles. The van der Waals surface area contributed by atoms with E-state index in [0.717, 1.165) is 16.7 Å². The van der Waals surface area contributed by atoms with Gasteiger partial charge in [-0.2, -0.15) is 4.31 Å². The number of carbonyl (C=O) groups excluding carboxylic acids is 1. The van der Waals surface area contributed by atoms with E-state index in [2.05, 4.69) is 0 Å². The summed E-state index contributed by atoms with van der Waals surface area (Å²) < 4.78 is 27.5. The molecule has 0 fully saturated rings. The summed E-state index contributed by atoms with van der Waals surface area (Å²) in [5.74, 6) is -0.225. The van der Waals surface area contributed by atoms with Crippen molar-refractivity contribution in [3.8, 4) is 0 Å². The first-order valence-electron chi connectivity index (χ1n) is 8.42. The molecule has 0 aromatic heterocycles. The molecule has 1 aliphatic heterocycles. The largest absolute Gasteiger partial charge is 0.293 e. The zero-order chi connectivity index (χ0) is 18.7. The molecule has 2 aromatic rings. The highest BCUT2D eigenvalue weighted by atomic mass is 32.2. The number of hydrogen-bond acceptors (Lipinski definition) is 3. The molecule has 4 nitrogen and oxygen atoms in total. The summed E-state index contributed by atoms with van der Waals surface area (Å²) in [4.78, 5) is 13.1. The van der Waals surface area contributed by atoms with Gasteiger partial charge in [0.2, 0.25) is 10.0 Å². The summed E-state index contributed by atoms with van der Waals surface area (Å²) in [6.07, 6.45) is 3.34. The lowest BCUT2D eigenvalue weighted by molar-refractivity contribution is -0.116. The highest BCUT2D eigenvalue weighted by Crippen LogP contribution is 2.33. The maximum absolute atomic E-state index is 13.1.